The molecular formula is C9H13N5O. The largest absolute Gasteiger partial charge is 0.349 e. The molecule has 0 radical (unpaired) electrons. The van der Waals surface area contributed by atoms with Crippen molar-refractivity contribution in [3.05, 3.63) is 28.1 Å². The maximum absolute atomic E-state index is 11.3. The molecule has 0 spiro atoms. The van der Waals surface area contributed by atoms with Gasteiger partial charge in [0.1, 0.15) is 5.82 Å². The lowest BCUT2D eigenvalue weighted by molar-refractivity contribution is 0.714. The summed E-state index contributed by atoms with van der Waals surface area (Å²) in [6.07, 6.45) is 0.679. The minimum atomic E-state index is -0.262. The van der Waals surface area contributed by atoms with Crippen molar-refractivity contribution in [1.29, 1.82) is 0 Å². The van der Waals surface area contributed by atoms with Crippen LogP contribution in [0.2, 0.25) is 0 Å². The van der Waals surface area contributed by atoms with E-state index in [0.29, 0.717) is 17.9 Å². The number of aromatic amines is 1. The van der Waals surface area contributed by atoms with Crippen LogP contribution in [0.4, 0.5) is 0 Å². The van der Waals surface area contributed by atoms with Gasteiger partial charge < -0.3 is 5.73 Å². The summed E-state index contributed by atoms with van der Waals surface area (Å²) < 4.78 is 1.44. The number of rotatable bonds is 2. The van der Waals surface area contributed by atoms with Crippen molar-refractivity contribution in [2.45, 2.75) is 26.3 Å². The molecule has 0 aliphatic carbocycles. The van der Waals surface area contributed by atoms with E-state index in [9.17, 15) is 4.79 Å². The number of aryl methyl sites for hydroxylation is 1. The number of nitrogens with one attached hydrogen (secondary N) is 1. The summed E-state index contributed by atoms with van der Waals surface area (Å²) in [7, 11) is 0. The third-order valence-electron chi connectivity index (χ3n) is 2.15. The minimum absolute atomic E-state index is 0.0463. The molecule has 0 saturated heterocycles. The van der Waals surface area contributed by atoms with E-state index in [-0.39, 0.29) is 11.7 Å². The van der Waals surface area contributed by atoms with Crippen molar-refractivity contribution in [2.24, 2.45) is 5.73 Å². The van der Waals surface area contributed by atoms with Crippen molar-refractivity contribution >= 4 is 5.65 Å². The summed E-state index contributed by atoms with van der Waals surface area (Å²) in [6, 6.07) is 1.82. The van der Waals surface area contributed by atoms with Gasteiger partial charge in [-0.2, -0.15) is 5.10 Å². The molecule has 0 aliphatic heterocycles. The molecule has 1 atom stereocenters. The van der Waals surface area contributed by atoms with Gasteiger partial charge >= 0.3 is 5.69 Å². The summed E-state index contributed by atoms with van der Waals surface area (Å²) in [6.45, 7) is 3.69. The molecule has 80 valence electrons. The Kier molecular flexibility index (Phi) is 2.28. The lowest BCUT2D eigenvalue weighted by Crippen LogP contribution is -2.20. The van der Waals surface area contributed by atoms with Gasteiger partial charge in [0.25, 0.3) is 0 Å². The number of hydrogen-bond acceptors (Lipinski definition) is 4. The molecule has 0 amide bonds. The van der Waals surface area contributed by atoms with Gasteiger partial charge in [-0.1, -0.05) is 0 Å². The highest BCUT2D eigenvalue weighted by molar-refractivity contribution is 5.38. The Balaban J connectivity index is 2.58. The van der Waals surface area contributed by atoms with Gasteiger partial charge in [0, 0.05) is 24.2 Å². The number of fused-ring (bicyclic) bond motifs is 1. The van der Waals surface area contributed by atoms with Gasteiger partial charge in [0.05, 0.1) is 0 Å². The fourth-order valence-electron chi connectivity index (χ4n) is 1.59. The zero-order valence-corrected chi connectivity index (χ0v) is 8.69. The van der Waals surface area contributed by atoms with Crippen LogP contribution in [-0.2, 0) is 6.42 Å². The van der Waals surface area contributed by atoms with E-state index in [1.807, 2.05) is 6.92 Å². The zero-order chi connectivity index (χ0) is 11.0. The van der Waals surface area contributed by atoms with Crippen LogP contribution in [0.25, 0.3) is 5.65 Å². The van der Waals surface area contributed by atoms with Crippen LogP contribution < -0.4 is 11.4 Å². The molecule has 0 saturated carbocycles. The number of H-pyrrole nitrogens is 1. The highest BCUT2D eigenvalue weighted by Crippen LogP contribution is 2.04. The maximum atomic E-state index is 11.3. The molecule has 2 aromatic rings. The van der Waals surface area contributed by atoms with E-state index >= 15 is 0 Å². The highest BCUT2D eigenvalue weighted by Gasteiger charge is 2.07. The first kappa shape index (κ1) is 9.85. The Hall–Kier alpha value is -1.69. The first-order valence-corrected chi connectivity index (χ1v) is 4.77. The van der Waals surface area contributed by atoms with Crippen LogP contribution in [0, 0.1) is 6.92 Å². The van der Waals surface area contributed by atoms with E-state index in [1.165, 1.54) is 4.40 Å². The van der Waals surface area contributed by atoms with Gasteiger partial charge in [-0.15, -0.1) is 0 Å². The number of hydrogen-bond donors (Lipinski definition) is 2. The third kappa shape index (κ3) is 1.75. The van der Waals surface area contributed by atoms with Crippen molar-refractivity contribution in [3.63, 3.8) is 0 Å². The molecule has 0 aliphatic rings. The average molecular weight is 207 g/mol. The first-order chi connectivity index (χ1) is 7.08. The summed E-state index contributed by atoms with van der Waals surface area (Å²) >= 11 is 0. The summed E-state index contributed by atoms with van der Waals surface area (Å²) in [5.74, 6) is 0.627. The minimum Gasteiger partial charge on any atom is -0.328 e. The molecule has 0 aromatic carbocycles. The quantitative estimate of drug-likeness (QED) is 0.702. The number of nitrogens with zero attached hydrogens (tertiary/aromatic N) is 3. The summed E-state index contributed by atoms with van der Waals surface area (Å²) in [5, 5.41) is 6.28. The van der Waals surface area contributed by atoms with Crippen LogP contribution in [-0.4, -0.2) is 25.6 Å². The Morgan fingerprint density at radius 3 is 3.07 bits per heavy atom. The van der Waals surface area contributed by atoms with Gasteiger partial charge in [0.15, 0.2) is 5.65 Å². The monoisotopic (exact) mass is 207 g/mol. The Labute approximate surface area is 86.1 Å². The van der Waals surface area contributed by atoms with E-state index in [1.54, 1.807) is 13.0 Å². The predicted octanol–water partition coefficient (Wildman–Crippen LogP) is -0.384. The van der Waals surface area contributed by atoms with Crippen LogP contribution in [0.15, 0.2) is 10.9 Å². The average Bonchev–Trinajstić information content (AvgIpc) is 2.46. The SMILES string of the molecule is Cc1nc(CC(C)N)cc2n[nH]c(=O)n12. The molecule has 2 aromatic heterocycles. The standard InChI is InChI=1S/C9H13N5O/c1-5(10)3-7-4-8-12-13-9(15)14(8)6(2)11-7/h4-5H,3,10H2,1-2H3,(H,13,15). The van der Waals surface area contributed by atoms with E-state index in [2.05, 4.69) is 15.2 Å². The third-order valence-corrected chi connectivity index (χ3v) is 2.15. The van der Waals surface area contributed by atoms with Crippen molar-refractivity contribution in [3.8, 4) is 0 Å². The molecule has 15 heavy (non-hydrogen) atoms. The first-order valence-electron chi connectivity index (χ1n) is 4.77. The van der Waals surface area contributed by atoms with Crippen molar-refractivity contribution in [1.82, 2.24) is 19.6 Å². The second-order valence-electron chi connectivity index (χ2n) is 3.70. The Morgan fingerprint density at radius 1 is 1.67 bits per heavy atom. The van der Waals surface area contributed by atoms with E-state index in [4.69, 9.17) is 5.73 Å². The van der Waals surface area contributed by atoms with Crippen molar-refractivity contribution in [2.75, 3.05) is 0 Å². The van der Waals surface area contributed by atoms with Gasteiger partial charge in [0.2, 0.25) is 0 Å². The molecule has 0 fully saturated rings. The molecule has 2 rings (SSSR count). The second kappa shape index (κ2) is 3.47. The molecule has 0 bridgehead atoms. The van der Waals surface area contributed by atoms with E-state index < -0.39 is 0 Å². The number of nitrogens with two attached hydrogens (primary N) is 1. The van der Waals surface area contributed by atoms with Crippen LogP contribution in [0.1, 0.15) is 18.4 Å². The van der Waals surface area contributed by atoms with Crippen molar-refractivity contribution < 1.29 is 0 Å². The van der Waals surface area contributed by atoms with Crippen LogP contribution in [0.3, 0.4) is 0 Å². The fraction of sp³-hybridized carbons (Fsp3) is 0.444. The van der Waals surface area contributed by atoms with Gasteiger partial charge in [-0.3, -0.25) is 0 Å². The molecular weight excluding hydrogens is 194 g/mol. The van der Waals surface area contributed by atoms with Crippen LogP contribution >= 0.6 is 0 Å². The summed E-state index contributed by atoms with van der Waals surface area (Å²) in [4.78, 5) is 15.6. The normalized spacial score (nSPS) is 13.3. The lowest BCUT2D eigenvalue weighted by atomic mass is 10.2. The molecule has 6 nitrogen and oxygen atoms in total. The molecule has 3 N–H and O–H groups in total. The topological polar surface area (TPSA) is 89.1 Å². The Morgan fingerprint density at radius 2 is 2.40 bits per heavy atom. The molecule has 2 heterocycles. The van der Waals surface area contributed by atoms with Gasteiger partial charge in [-0.05, 0) is 13.8 Å². The lowest BCUT2D eigenvalue weighted by Gasteiger charge is -2.05. The predicted molar refractivity (Wildman–Crippen MR) is 55.7 cm³/mol. The maximum Gasteiger partial charge on any atom is 0.349 e. The fourth-order valence-corrected chi connectivity index (χ4v) is 1.59. The molecule has 1 unspecified atom stereocenters. The number of aromatic nitrogens is 4. The van der Waals surface area contributed by atoms with Gasteiger partial charge in [-0.25, -0.2) is 19.3 Å². The highest BCUT2D eigenvalue weighted by atomic mass is 16.1. The second-order valence-corrected chi connectivity index (χ2v) is 3.70. The van der Waals surface area contributed by atoms with E-state index in [0.717, 1.165) is 5.69 Å². The summed E-state index contributed by atoms with van der Waals surface area (Å²) in [5.41, 5.74) is 6.87. The molecule has 6 heteroatoms. The van der Waals surface area contributed by atoms with Crippen LogP contribution in [0.5, 0.6) is 0 Å². The Bertz CT molecular complexity index is 539. The smallest absolute Gasteiger partial charge is 0.328 e. The zero-order valence-electron chi connectivity index (χ0n) is 8.69.